The summed E-state index contributed by atoms with van der Waals surface area (Å²) < 4.78 is 0. The van der Waals surface area contributed by atoms with Crippen LogP contribution in [0.3, 0.4) is 0 Å². The molecule has 0 aliphatic heterocycles. The molecule has 0 fully saturated rings. The zero-order valence-corrected chi connectivity index (χ0v) is 19.4. The van der Waals surface area contributed by atoms with Gasteiger partial charge in [-0.3, -0.25) is 0 Å². The van der Waals surface area contributed by atoms with Crippen molar-refractivity contribution in [3.63, 3.8) is 0 Å². The molecular formula is C32H26N2. The fourth-order valence-electron chi connectivity index (χ4n) is 4.74. The van der Waals surface area contributed by atoms with Crippen molar-refractivity contribution in [2.75, 3.05) is 4.90 Å². The topological polar surface area (TPSA) is 19.0 Å². The number of fused-ring (bicyclic) bond motifs is 3. The summed E-state index contributed by atoms with van der Waals surface area (Å²) in [6, 6.07) is 41.4. The average Bonchev–Trinajstić information content (AvgIpc) is 3.26. The maximum Gasteiger partial charge on any atom is 0.0544 e. The van der Waals surface area contributed by atoms with Crippen LogP contribution in [-0.2, 0) is 0 Å². The molecule has 2 nitrogen and oxygen atoms in total. The molecule has 34 heavy (non-hydrogen) atoms. The van der Waals surface area contributed by atoms with E-state index < -0.39 is 0 Å². The number of hydrogen-bond acceptors (Lipinski definition) is 1. The van der Waals surface area contributed by atoms with E-state index in [1.807, 2.05) is 0 Å². The van der Waals surface area contributed by atoms with Crippen LogP contribution < -0.4 is 4.90 Å². The molecular weight excluding hydrogens is 412 g/mol. The van der Waals surface area contributed by atoms with Crippen LogP contribution >= 0.6 is 0 Å². The highest BCUT2D eigenvalue weighted by molar-refractivity contribution is 6.11. The van der Waals surface area contributed by atoms with Crippen molar-refractivity contribution >= 4 is 38.9 Å². The third-order valence-corrected chi connectivity index (χ3v) is 6.56. The van der Waals surface area contributed by atoms with Gasteiger partial charge in [0, 0.05) is 38.9 Å². The third kappa shape index (κ3) is 3.54. The molecule has 0 unspecified atom stereocenters. The highest BCUT2D eigenvalue weighted by Crippen LogP contribution is 2.37. The minimum atomic E-state index is 1.14. The van der Waals surface area contributed by atoms with Crippen LogP contribution in [0.15, 0.2) is 115 Å². The molecule has 0 aliphatic carbocycles. The summed E-state index contributed by atoms with van der Waals surface area (Å²) >= 11 is 0. The Morgan fingerprint density at radius 1 is 0.500 bits per heavy atom. The lowest BCUT2D eigenvalue weighted by Gasteiger charge is -2.26. The summed E-state index contributed by atoms with van der Waals surface area (Å²) in [4.78, 5) is 5.95. The Bertz CT molecular complexity index is 1540. The van der Waals surface area contributed by atoms with Gasteiger partial charge in [-0.15, -0.1) is 0 Å². The van der Waals surface area contributed by atoms with E-state index in [0.29, 0.717) is 0 Å². The average molecular weight is 439 g/mol. The summed E-state index contributed by atoms with van der Waals surface area (Å²) in [7, 11) is 0. The molecule has 164 valence electrons. The van der Waals surface area contributed by atoms with Crippen LogP contribution in [0.5, 0.6) is 0 Å². The fraction of sp³-hybridized carbons (Fsp3) is 0.0625. The van der Waals surface area contributed by atoms with Crippen molar-refractivity contribution in [3.8, 4) is 11.1 Å². The fourth-order valence-corrected chi connectivity index (χ4v) is 4.74. The molecule has 0 saturated heterocycles. The number of benzene rings is 5. The maximum atomic E-state index is 3.63. The van der Waals surface area contributed by atoms with Crippen LogP contribution in [0, 0.1) is 13.8 Å². The SMILES string of the molecule is Cc1ccc(N(c2ccc(C)cc2)c2ccc(-c3cccc4c3[nH]c3ccccc34)cc2)cc1. The van der Waals surface area contributed by atoms with Crippen molar-refractivity contribution in [1.82, 2.24) is 4.98 Å². The minimum absolute atomic E-state index is 1.14. The van der Waals surface area contributed by atoms with Gasteiger partial charge in [0.15, 0.2) is 0 Å². The Labute approximate surface area is 200 Å². The lowest BCUT2D eigenvalue weighted by molar-refractivity contribution is 1.27. The Balaban J connectivity index is 1.45. The molecule has 0 bridgehead atoms. The molecule has 6 aromatic rings. The van der Waals surface area contributed by atoms with Gasteiger partial charge in [-0.05, 0) is 61.9 Å². The molecule has 0 atom stereocenters. The van der Waals surface area contributed by atoms with Gasteiger partial charge in [0.05, 0.1) is 5.52 Å². The van der Waals surface area contributed by atoms with Crippen LogP contribution in [0.2, 0.25) is 0 Å². The number of nitrogens with zero attached hydrogens (tertiary/aromatic N) is 1. The lowest BCUT2D eigenvalue weighted by atomic mass is 10.0. The van der Waals surface area contributed by atoms with Gasteiger partial charge in [-0.25, -0.2) is 0 Å². The number of hydrogen-bond donors (Lipinski definition) is 1. The number of anilines is 3. The van der Waals surface area contributed by atoms with Gasteiger partial charge in [-0.2, -0.15) is 0 Å². The zero-order chi connectivity index (χ0) is 23.1. The molecule has 2 heteroatoms. The predicted molar refractivity (Wildman–Crippen MR) is 145 cm³/mol. The summed E-state index contributed by atoms with van der Waals surface area (Å²) in [5, 5.41) is 2.53. The first-order valence-electron chi connectivity index (χ1n) is 11.7. The molecule has 1 N–H and O–H groups in total. The number of aromatic nitrogens is 1. The number of H-pyrrole nitrogens is 1. The Morgan fingerprint density at radius 2 is 1.03 bits per heavy atom. The van der Waals surface area contributed by atoms with Crippen LogP contribution in [0.1, 0.15) is 11.1 Å². The first kappa shape index (κ1) is 20.3. The number of aryl methyl sites for hydroxylation is 2. The van der Waals surface area contributed by atoms with Crippen LogP contribution in [0.25, 0.3) is 32.9 Å². The summed E-state index contributed by atoms with van der Waals surface area (Å²) in [5.74, 6) is 0. The lowest BCUT2D eigenvalue weighted by Crippen LogP contribution is -2.09. The molecule has 1 aromatic heterocycles. The standard InChI is InChI=1S/C32H26N2/c1-22-10-16-25(17-11-22)34(26-18-12-23(2)13-19-26)27-20-14-24(15-21-27)28-7-5-8-30-29-6-3-4-9-31(29)33-32(28)30/h3-21,33H,1-2H3. The molecule has 0 spiro atoms. The largest absolute Gasteiger partial charge is 0.354 e. The zero-order valence-electron chi connectivity index (χ0n) is 19.4. The van der Waals surface area contributed by atoms with E-state index in [-0.39, 0.29) is 0 Å². The second kappa shape index (κ2) is 8.24. The third-order valence-electron chi connectivity index (χ3n) is 6.56. The minimum Gasteiger partial charge on any atom is -0.354 e. The van der Waals surface area contributed by atoms with E-state index in [4.69, 9.17) is 0 Å². The van der Waals surface area contributed by atoms with Crippen LogP contribution in [-0.4, -0.2) is 4.98 Å². The second-order valence-electron chi connectivity index (χ2n) is 8.95. The van der Waals surface area contributed by atoms with Crippen molar-refractivity contribution in [2.45, 2.75) is 13.8 Å². The molecule has 6 rings (SSSR count). The number of aromatic amines is 1. The molecule has 5 aromatic carbocycles. The van der Waals surface area contributed by atoms with Gasteiger partial charge in [0.1, 0.15) is 0 Å². The van der Waals surface area contributed by atoms with Gasteiger partial charge >= 0.3 is 0 Å². The second-order valence-corrected chi connectivity index (χ2v) is 8.95. The smallest absolute Gasteiger partial charge is 0.0544 e. The normalized spacial score (nSPS) is 11.2. The first-order chi connectivity index (χ1) is 16.7. The summed E-state index contributed by atoms with van der Waals surface area (Å²) in [6.45, 7) is 4.25. The molecule has 0 amide bonds. The Kier molecular flexibility index (Phi) is 4.92. The highest BCUT2D eigenvalue weighted by atomic mass is 15.1. The van der Waals surface area contributed by atoms with E-state index in [2.05, 4.69) is 139 Å². The van der Waals surface area contributed by atoms with Gasteiger partial charge in [0.2, 0.25) is 0 Å². The van der Waals surface area contributed by atoms with Crippen molar-refractivity contribution in [1.29, 1.82) is 0 Å². The van der Waals surface area contributed by atoms with Crippen molar-refractivity contribution in [2.24, 2.45) is 0 Å². The number of rotatable bonds is 4. The van der Waals surface area contributed by atoms with E-state index >= 15 is 0 Å². The quantitative estimate of drug-likeness (QED) is 0.291. The first-order valence-corrected chi connectivity index (χ1v) is 11.7. The monoisotopic (exact) mass is 438 g/mol. The van der Waals surface area contributed by atoms with Crippen LogP contribution in [0.4, 0.5) is 17.1 Å². The van der Waals surface area contributed by atoms with E-state index in [9.17, 15) is 0 Å². The summed E-state index contributed by atoms with van der Waals surface area (Å²) in [5.41, 5.74) is 10.7. The maximum absolute atomic E-state index is 3.63. The van der Waals surface area contributed by atoms with E-state index in [1.54, 1.807) is 0 Å². The van der Waals surface area contributed by atoms with Crippen molar-refractivity contribution in [3.05, 3.63) is 126 Å². The van der Waals surface area contributed by atoms with Gasteiger partial charge in [-0.1, -0.05) is 83.9 Å². The predicted octanol–water partition coefficient (Wildman–Crippen LogP) is 9.07. The molecule has 1 heterocycles. The number of nitrogens with one attached hydrogen (secondary N) is 1. The highest BCUT2D eigenvalue weighted by Gasteiger charge is 2.14. The van der Waals surface area contributed by atoms with Crippen molar-refractivity contribution < 1.29 is 0 Å². The molecule has 0 aliphatic rings. The van der Waals surface area contributed by atoms with E-state index in [1.165, 1.54) is 44.1 Å². The molecule has 0 radical (unpaired) electrons. The van der Waals surface area contributed by atoms with Gasteiger partial charge < -0.3 is 9.88 Å². The Hall–Kier alpha value is -4.30. The number of para-hydroxylation sites is 2. The Morgan fingerprint density at radius 3 is 1.65 bits per heavy atom. The summed E-state index contributed by atoms with van der Waals surface area (Å²) in [6.07, 6.45) is 0. The van der Waals surface area contributed by atoms with E-state index in [0.717, 1.165) is 17.1 Å². The van der Waals surface area contributed by atoms with Gasteiger partial charge in [0.25, 0.3) is 0 Å². The molecule has 0 saturated carbocycles.